The Morgan fingerprint density at radius 2 is 1.52 bits per heavy atom. The summed E-state index contributed by atoms with van der Waals surface area (Å²) in [5.41, 5.74) is 2.27. The first-order valence-corrected chi connectivity index (χ1v) is 8.46. The molecule has 2 bridgehead atoms. The van der Waals surface area contributed by atoms with Crippen LogP contribution in [0.2, 0.25) is 0 Å². The number of hydrogen-bond donors (Lipinski definition) is 1. The summed E-state index contributed by atoms with van der Waals surface area (Å²) >= 11 is 0. The van der Waals surface area contributed by atoms with Crippen LogP contribution in [0.25, 0.3) is 0 Å². The van der Waals surface area contributed by atoms with Crippen molar-refractivity contribution in [1.29, 1.82) is 0 Å². The summed E-state index contributed by atoms with van der Waals surface area (Å²) in [6.45, 7) is 2.11. The molecule has 0 aliphatic carbocycles. The normalized spacial score (nSPS) is 31.0. The molecule has 0 amide bonds. The molecule has 2 aromatic rings. The molecule has 5 rings (SSSR count). The Kier molecular flexibility index (Phi) is 3.92. The SMILES string of the molecule is O[C@@H]1C2CCN(CC2)[C@@H]1[C@H](c1ccccc1)c1ccc(F)cc1. The first-order valence-electron chi connectivity index (χ1n) is 8.46. The Labute approximate surface area is 136 Å². The predicted molar refractivity (Wildman–Crippen MR) is 88.8 cm³/mol. The van der Waals surface area contributed by atoms with Gasteiger partial charge in [0.25, 0.3) is 0 Å². The van der Waals surface area contributed by atoms with E-state index in [9.17, 15) is 9.50 Å². The van der Waals surface area contributed by atoms with E-state index in [4.69, 9.17) is 0 Å². The summed E-state index contributed by atoms with van der Waals surface area (Å²) in [6.07, 6.45) is 1.86. The van der Waals surface area contributed by atoms with Crippen molar-refractivity contribution in [3.05, 3.63) is 71.5 Å². The number of nitrogens with zero attached hydrogens (tertiary/aromatic N) is 1. The molecular weight excluding hydrogens is 289 g/mol. The Morgan fingerprint density at radius 1 is 0.913 bits per heavy atom. The van der Waals surface area contributed by atoms with Crippen molar-refractivity contribution in [1.82, 2.24) is 4.90 Å². The number of halogens is 1. The molecule has 3 atom stereocenters. The van der Waals surface area contributed by atoms with Crippen molar-refractivity contribution in [2.45, 2.75) is 30.9 Å². The number of aliphatic hydroxyl groups excluding tert-OH is 1. The van der Waals surface area contributed by atoms with Crippen molar-refractivity contribution < 1.29 is 9.50 Å². The van der Waals surface area contributed by atoms with E-state index in [1.165, 1.54) is 17.7 Å². The summed E-state index contributed by atoms with van der Waals surface area (Å²) < 4.78 is 13.4. The fraction of sp³-hybridized carbons (Fsp3) is 0.400. The second kappa shape index (κ2) is 6.06. The molecule has 0 saturated carbocycles. The standard InChI is InChI=1S/C20H22FNO/c21-17-8-6-15(7-9-17)18(14-4-2-1-3-5-14)19-20(23)16-10-12-22(19)13-11-16/h1-9,16,18-20,23H,10-13H2/t18-,19-,20-/m1/s1. The Balaban J connectivity index is 1.78. The largest absolute Gasteiger partial charge is 0.391 e. The van der Waals surface area contributed by atoms with Crippen LogP contribution >= 0.6 is 0 Å². The first kappa shape index (κ1) is 14.9. The molecule has 3 fully saturated rings. The van der Waals surface area contributed by atoms with E-state index in [2.05, 4.69) is 17.0 Å². The fourth-order valence-electron chi connectivity index (χ4n) is 4.38. The van der Waals surface area contributed by atoms with Gasteiger partial charge in [0, 0.05) is 12.0 Å². The second-order valence-corrected chi connectivity index (χ2v) is 6.79. The Hall–Kier alpha value is -1.71. The zero-order valence-electron chi connectivity index (χ0n) is 13.1. The van der Waals surface area contributed by atoms with Gasteiger partial charge in [-0.25, -0.2) is 4.39 Å². The van der Waals surface area contributed by atoms with Gasteiger partial charge in [0.1, 0.15) is 5.82 Å². The minimum Gasteiger partial charge on any atom is -0.391 e. The molecule has 2 aromatic carbocycles. The third kappa shape index (κ3) is 2.68. The van der Waals surface area contributed by atoms with E-state index in [0.29, 0.717) is 5.92 Å². The number of hydrogen-bond acceptors (Lipinski definition) is 2. The number of benzene rings is 2. The lowest BCUT2D eigenvalue weighted by Gasteiger charge is -2.51. The number of fused-ring (bicyclic) bond motifs is 3. The average Bonchev–Trinajstić information content (AvgIpc) is 2.61. The number of piperidine rings is 3. The van der Waals surface area contributed by atoms with Gasteiger partial charge >= 0.3 is 0 Å². The van der Waals surface area contributed by atoms with Crippen LogP contribution in [0, 0.1) is 11.7 Å². The van der Waals surface area contributed by atoms with Crippen molar-refractivity contribution in [2.24, 2.45) is 5.92 Å². The topological polar surface area (TPSA) is 23.5 Å². The lowest BCUT2D eigenvalue weighted by atomic mass is 9.72. The van der Waals surface area contributed by atoms with Gasteiger partial charge in [0.15, 0.2) is 0 Å². The van der Waals surface area contributed by atoms with Crippen molar-refractivity contribution in [3.63, 3.8) is 0 Å². The van der Waals surface area contributed by atoms with Crippen LogP contribution in [0.1, 0.15) is 29.9 Å². The third-order valence-corrected chi connectivity index (χ3v) is 5.56. The van der Waals surface area contributed by atoms with Crippen molar-refractivity contribution in [3.8, 4) is 0 Å². The van der Waals surface area contributed by atoms with Crippen LogP contribution in [0.5, 0.6) is 0 Å². The summed E-state index contributed by atoms with van der Waals surface area (Å²) in [5.74, 6) is 0.262. The van der Waals surface area contributed by atoms with Crippen LogP contribution < -0.4 is 0 Å². The lowest BCUT2D eigenvalue weighted by Crippen LogP contribution is -2.60. The molecule has 3 heterocycles. The maximum atomic E-state index is 13.4. The molecule has 0 aromatic heterocycles. The van der Waals surface area contributed by atoms with Crippen LogP contribution in [0.3, 0.4) is 0 Å². The van der Waals surface area contributed by atoms with Gasteiger partial charge in [0.05, 0.1) is 6.10 Å². The Morgan fingerprint density at radius 3 is 2.13 bits per heavy atom. The average molecular weight is 311 g/mol. The highest BCUT2D eigenvalue weighted by molar-refractivity contribution is 5.35. The fourth-order valence-corrected chi connectivity index (χ4v) is 4.38. The van der Waals surface area contributed by atoms with E-state index in [0.717, 1.165) is 31.5 Å². The van der Waals surface area contributed by atoms with Gasteiger partial charge in [-0.05, 0) is 55.1 Å². The monoisotopic (exact) mass is 311 g/mol. The van der Waals surface area contributed by atoms with Gasteiger partial charge in [0.2, 0.25) is 0 Å². The molecule has 23 heavy (non-hydrogen) atoms. The summed E-state index contributed by atoms with van der Waals surface area (Å²) in [7, 11) is 0. The molecule has 1 N–H and O–H groups in total. The summed E-state index contributed by atoms with van der Waals surface area (Å²) in [4.78, 5) is 2.42. The summed E-state index contributed by atoms with van der Waals surface area (Å²) in [6, 6.07) is 17.2. The van der Waals surface area contributed by atoms with E-state index < -0.39 is 0 Å². The van der Waals surface area contributed by atoms with E-state index >= 15 is 0 Å². The minimum atomic E-state index is -0.312. The molecule has 3 heteroatoms. The zero-order valence-corrected chi connectivity index (χ0v) is 13.1. The highest BCUT2D eigenvalue weighted by Gasteiger charge is 2.45. The molecule has 3 aliphatic heterocycles. The first-order chi connectivity index (χ1) is 11.2. The van der Waals surface area contributed by atoms with Crippen LogP contribution in [-0.2, 0) is 0 Å². The molecule has 3 aliphatic rings. The van der Waals surface area contributed by atoms with Crippen molar-refractivity contribution >= 4 is 0 Å². The van der Waals surface area contributed by atoms with E-state index in [1.807, 2.05) is 30.3 Å². The molecule has 0 unspecified atom stereocenters. The van der Waals surface area contributed by atoms with Crippen LogP contribution in [0.15, 0.2) is 54.6 Å². The molecule has 3 saturated heterocycles. The second-order valence-electron chi connectivity index (χ2n) is 6.79. The minimum absolute atomic E-state index is 0.0786. The number of aliphatic hydroxyl groups is 1. The lowest BCUT2D eigenvalue weighted by molar-refractivity contribution is -0.0775. The molecule has 0 radical (unpaired) electrons. The predicted octanol–water partition coefficient (Wildman–Crippen LogP) is 3.41. The van der Waals surface area contributed by atoms with Gasteiger partial charge < -0.3 is 5.11 Å². The quantitative estimate of drug-likeness (QED) is 0.939. The van der Waals surface area contributed by atoms with Gasteiger partial charge in [-0.3, -0.25) is 4.90 Å². The molecular formula is C20H22FNO. The Bertz CT molecular complexity index is 647. The maximum absolute atomic E-state index is 13.4. The zero-order chi connectivity index (χ0) is 15.8. The van der Waals surface area contributed by atoms with Gasteiger partial charge in [-0.1, -0.05) is 42.5 Å². The maximum Gasteiger partial charge on any atom is 0.123 e. The third-order valence-electron chi connectivity index (χ3n) is 5.56. The molecule has 2 nitrogen and oxygen atoms in total. The van der Waals surface area contributed by atoms with Crippen LogP contribution in [0.4, 0.5) is 4.39 Å². The number of rotatable bonds is 3. The van der Waals surface area contributed by atoms with E-state index in [-0.39, 0.29) is 23.9 Å². The molecule has 120 valence electrons. The van der Waals surface area contributed by atoms with E-state index in [1.54, 1.807) is 0 Å². The van der Waals surface area contributed by atoms with Crippen molar-refractivity contribution in [2.75, 3.05) is 13.1 Å². The highest BCUT2D eigenvalue weighted by Crippen LogP contribution is 2.41. The molecule has 0 spiro atoms. The van der Waals surface area contributed by atoms with Gasteiger partial charge in [-0.15, -0.1) is 0 Å². The summed E-state index contributed by atoms with van der Waals surface area (Å²) in [5, 5.41) is 10.9. The van der Waals surface area contributed by atoms with Crippen LogP contribution in [-0.4, -0.2) is 35.2 Å². The smallest absolute Gasteiger partial charge is 0.123 e. The highest BCUT2D eigenvalue weighted by atomic mass is 19.1. The van der Waals surface area contributed by atoms with Gasteiger partial charge in [-0.2, -0.15) is 0 Å².